The van der Waals surface area contributed by atoms with E-state index >= 15 is 0 Å². The van der Waals surface area contributed by atoms with Crippen molar-refractivity contribution in [1.29, 1.82) is 5.26 Å². The molecule has 1 aromatic heterocycles. The van der Waals surface area contributed by atoms with Crippen molar-refractivity contribution in [2.45, 2.75) is 6.42 Å². The largest absolute Gasteiger partial charge is 0.504 e. The number of hydrogen-bond acceptors (Lipinski definition) is 4. The van der Waals surface area contributed by atoms with E-state index in [4.69, 9.17) is 10.4 Å². The predicted octanol–water partition coefficient (Wildman–Crippen LogP) is 0.639. The van der Waals surface area contributed by atoms with Crippen LogP contribution in [0.4, 0.5) is 5.82 Å². The Balaban J connectivity index is 2.70. The Labute approximate surface area is 74.6 Å². The number of hydrogen-bond donors (Lipinski definition) is 2. The molecule has 0 aliphatic rings. The van der Waals surface area contributed by atoms with E-state index in [9.17, 15) is 4.79 Å². The summed E-state index contributed by atoms with van der Waals surface area (Å²) in [5, 5.41) is 19.6. The standard InChI is InChI=1S/C8H7N3O2/c9-4-3-7(13)11-8-6(12)2-1-5-10-8/h1-2,5,12H,3H2,(H,10,11,13). The summed E-state index contributed by atoms with van der Waals surface area (Å²) in [6.07, 6.45) is 1.18. The van der Waals surface area contributed by atoms with Crippen LogP contribution < -0.4 is 5.32 Å². The van der Waals surface area contributed by atoms with E-state index in [2.05, 4.69) is 10.3 Å². The lowest BCUT2D eigenvalue weighted by Crippen LogP contribution is -2.11. The second kappa shape index (κ2) is 4.07. The molecule has 66 valence electrons. The molecule has 0 bridgehead atoms. The Kier molecular flexibility index (Phi) is 2.82. The van der Waals surface area contributed by atoms with Crippen molar-refractivity contribution in [3.8, 4) is 11.8 Å². The zero-order valence-electron chi connectivity index (χ0n) is 6.69. The van der Waals surface area contributed by atoms with Crippen molar-refractivity contribution in [3.05, 3.63) is 18.3 Å². The predicted molar refractivity (Wildman–Crippen MR) is 44.8 cm³/mol. The van der Waals surface area contributed by atoms with E-state index in [1.54, 1.807) is 6.07 Å². The van der Waals surface area contributed by atoms with Gasteiger partial charge in [-0.3, -0.25) is 4.79 Å². The van der Waals surface area contributed by atoms with E-state index in [0.717, 1.165) is 0 Å². The van der Waals surface area contributed by atoms with Gasteiger partial charge >= 0.3 is 0 Å². The van der Waals surface area contributed by atoms with Crippen molar-refractivity contribution in [2.75, 3.05) is 5.32 Å². The first kappa shape index (κ1) is 9.00. The van der Waals surface area contributed by atoms with Gasteiger partial charge in [0.1, 0.15) is 6.42 Å². The van der Waals surface area contributed by atoms with E-state index in [1.165, 1.54) is 18.3 Å². The lowest BCUT2D eigenvalue weighted by Gasteiger charge is -2.02. The molecular formula is C8H7N3O2. The summed E-state index contributed by atoms with van der Waals surface area (Å²) in [6, 6.07) is 4.62. The van der Waals surface area contributed by atoms with Gasteiger partial charge in [-0.2, -0.15) is 5.26 Å². The first-order valence-electron chi connectivity index (χ1n) is 3.55. The van der Waals surface area contributed by atoms with E-state index in [1.807, 2.05) is 0 Å². The van der Waals surface area contributed by atoms with Gasteiger partial charge in [0, 0.05) is 6.20 Å². The Morgan fingerprint density at radius 2 is 2.54 bits per heavy atom. The van der Waals surface area contributed by atoms with Crippen LogP contribution in [0.1, 0.15) is 6.42 Å². The van der Waals surface area contributed by atoms with E-state index in [0.29, 0.717) is 0 Å². The fourth-order valence-corrected chi connectivity index (χ4v) is 0.741. The monoisotopic (exact) mass is 177 g/mol. The molecule has 0 aliphatic carbocycles. The molecule has 0 radical (unpaired) electrons. The maximum absolute atomic E-state index is 10.9. The maximum atomic E-state index is 10.9. The van der Waals surface area contributed by atoms with Crippen LogP contribution in [0.15, 0.2) is 18.3 Å². The van der Waals surface area contributed by atoms with Crippen LogP contribution in [0.5, 0.6) is 5.75 Å². The topological polar surface area (TPSA) is 86.0 Å². The van der Waals surface area contributed by atoms with Crippen molar-refractivity contribution in [1.82, 2.24) is 4.98 Å². The molecule has 5 nitrogen and oxygen atoms in total. The molecule has 1 rings (SSSR count). The van der Waals surface area contributed by atoms with E-state index in [-0.39, 0.29) is 18.0 Å². The van der Waals surface area contributed by atoms with Crippen molar-refractivity contribution in [3.63, 3.8) is 0 Å². The Hall–Kier alpha value is -2.09. The van der Waals surface area contributed by atoms with Gasteiger partial charge in [0.25, 0.3) is 0 Å². The minimum Gasteiger partial charge on any atom is -0.504 e. The quantitative estimate of drug-likeness (QED) is 0.694. The molecule has 13 heavy (non-hydrogen) atoms. The number of anilines is 1. The number of carbonyl (C=O) groups is 1. The summed E-state index contributed by atoms with van der Waals surface area (Å²) < 4.78 is 0. The lowest BCUT2D eigenvalue weighted by atomic mass is 10.4. The third-order valence-electron chi connectivity index (χ3n) is 1.28. The molecule has 2 N–H and O–H groups in total. The molecule has 0 spiro atoms. The molecule has 0 unspecified atom stereocenters. The Bertz CT molecular complexity index is 357. The summed E-state index contributed by atoms with van der Waals surface area (Å²) >= 11 is 0. The summed E-state index contributed by atoms with van der Waals surface area (Å²) in [5.74, 6) is -0.534. The molecule has 0 saturated carbocycles. The average molecular weight is 177 g/mol. The molecular weight excluding hydrogens is 170 g/mol. The zero-order valence-corrected chi connectivity index (χ0v) is 6.69. The molecule has 1 amide bonds. The highest BCUT2D eigenvalue weighted by atomic mass is 16.3. The summed E-state index contributed by atoms with van der Waals surface area (Å²) in [6.45, 7) is 0. The van der Waals surface area contributed by atoms with Crippen LogP contribution in [-0.2, 0) is 4.79 Å². The Morgan fingerprint density at radius 1 is 1.77 bits per heavy atom. The second-order valence-corrected chi connectivity index (χ2v) is 2.25. The van der Waals surface area contributed by atoms with Crippen molar-refractivity contribution < 1.29 is 9.90 Å². The number of pyridine rings is 1. The minimum absolute atomic E-state index is 0.0720. The van der Waals surface area contributed by atoms with Crippen LogP contribution in [0, 0.1) is 11.3 Å². The number of nitrogens with zero attached hydrogens (tertiary/aromatic N) is 2. The molecule has 1 heterocycles. The summed E-state index contributed by atoms with van der Waals surface area (Å²) in [7, 11) is 0. The van der Waals surface area contributed by atoms with Gasteiger partial charge in [0.15, 0.2) is 11.6 Å². The Morgan fingerprint density at radius 3 is 3.15 bits per heavy atom. The van der Waals surface area contributed by atoms with Crippen LogP contribution in [0.3, 0.4) is 0 Å². The number of rotatable bonds is 2. The fraction of sp³-hybridized carbons (Fsp3) is 0.125. The van der Waals surface area contributed by atoms with Gasteiger partial charge in [0.2, 0.25) is 5.91 Å². The van der Waals surface area contributed by atoms with Gasteiger partial charge < -0.3 is 10.4 Å². The first-order chi connectivity index (χ1) is 6.24. The molecule has 0 aliphatic heterocycles. The number of nitrogens with one attached hydrogen (secondary N) is 1. The molecule has 1 aromatic rings. The lowest BCUT2D eigenvalue weighted by molar-refractivity contribution is -0.115. The smallest absolute Gasteiger partial charge is 0.239 e. The highest BCUT2D eigenvalue weighted by Gasteiger charge is 2.05. The normalized spacial score (nSPS) is 8.85. The molecule has 0 saturated heterocycles. The summed E-state index contributed by atoms with van der Waals surface area (Å²) in [5.41, 5.74) is 0. The number of aromatic hydroxyl groups is 1. The fourth-order valence-electron chi connectivity index (χ4n) is 0.741. The zero-order chi connectivity index (χ0) is 9.68. The van der Waals surface area contributed by atoms with Gasteiger partial charge in [-0.05, 0) is 12.1 Å². The molecule has 0 fully saturated rings. The number of aromatic nitrogens is 1. The number of carbonyl (C=O) groups excluding carboxylic acids is 1. The first-order valence-corrected chi connectivity index (χ1v) is 3.55. The van der Waals surface area contributed by atoms with Crippen LogP contribution in [0.2, 0.25) is 0 Å². The maximum Gasteiger partial charge on any atom is 0.239 e. The van der Waals surface area contributed by atoms with Gasteiger partial charge in [-0.15, -0.1) is 0 Å². The van der Waals surface area contributed by atoms with Crippen LogP contribution in [-0.4, -0.2) is 16.0 Å². The van der Waals surface area contributed by atoms with E-state index < -0.39 is 5.91 Å². The van der Waals surface area contributed by atoms with Crippen molar-refractivity contribution in [2.24, 2.45) is 0 Å². The highest BCUT2D eigenvalue weighted by Crippen LogP contribution is 2.17. The summed E-state index contributed by atoms with van der Waals surface area (Å²) in [4.78, 5) is 14.6. The third kappa shape index (κ3) is 2.45. The van der Waals surface area contributed by atoms with Crippen LogP contribution >= 0.6 is 0 Å². The average Bonchev–Trinajstić information content (AvgIpc) is 2.09. The molecule has 0 aromatic carbocycles. The van der Waals surface area contributed by atoms with Gasteiger partial charge in [0.05, 0.1) is 6.07 Å². The van der Waals surface area contributed by atoms with Crippen molar-refractivity contribution >= 4 is 11.7 Å². The van der Waals surface area contributed by atoms with Gasteiger partial charge in [-0.1, -0.05) is 0 Å². The number of amides is 1. The molecule has 5 heteroatoms. The molecule has 0 atom stereocenters. The van der Waals surface area contributed by atoms with Gasteiger partial charge in [-0.25, -0.2) is 4.98 Å². The highest BCUT2D eigenvalue weighted by molar-refractivity contribution is 5.92. The number of nitriles is 1. The van der Waals surface area contributed by atoms with Crippen LogP contribution in [0.25, 0.3) is 0 Å². The minimum atomic E-state index is -0.489. The SMILES string of the molecule is N#CCC(=O)Nc1ncccc1O. The second-order valence-electron chi connectivity index (χ2n) is 2.25. The third-order valence-corrected chi connectivity index (χ3v) is 1.28.